The van der Waals surface area contributed by atoms with Crippen LogP contribution in [0.25, 0.3) is 16.6 Å². The maximum atomic E-state index is 4.58. The maximum absolute atomic E-state index is 4.58. The molecular weight excluding hydrogens is 326 g/mol. The molecule has 0 aromatic carbocycles. The Bertz CT molecular complexity index is 858. The predicted molar refractivity (Wildman–Crippen MR) is 94.6 cm³/mol. The van der Waals surface area contributed by atoms with Crippen molar-refractivity contribution in [1.29, 1.82) is 0 Å². The van der Waals surface area contributed by atoms with Gasteiger partial charge >= 0.3 is 0 Å². The minimum absolute atomic E-state index is 0. The smallest absolute Gasteiger partial charge is 0.156 e. The zero-order valence-electron chi connectivity index (χ0n) is 13.5. The Labute approximate surface area is 146 Å². The van der Waals surface area contributed by atoms with E-state index in [4.69, 9.17) is 0 Å². The molecule has 8 heteroatoms. The number of halogens is 1. The van der Waals surface area contributed by atoms with Crippen LogP contribution in [0.1, 0.15) is 12.8 Å². The summed E-state index contributed by atoms with van der Waals surface area (Å²) in [6.45, 7) is 2.05. The van der Waals surface area contributed by atoms with Gasteiger partial charge in [-0.3, -0.25) is 4.68 Å². The molecule has 126 valence electrons. The van der Waals surface area contributed by atoms with E-state index < -0.39 is 0 Å². The Kier molecular flexibility index (Phi) is 3.69. The summed E-state index contributed by atoms with van der Waals surface area (Å²) in [7, 11) is 1.93. The van der Waals surface area contributed by atoms with Crippen molar-refractivity contribution in [2.75, 3.05) is 18.0 Å². The van der Waals surface area contributed by atoms with Gasteiger partial charge in [0.25, 0.3) is 0 Å². The minimum atomic E-state index is 0. The molecule has 24 heavy (non-hydrogen) atoms. The molecule has 7 nitrogen and oxygen atoms in total. The number of aryl methyl sites for hydroxylation is 1. The van der Waals surface area contributed by atoms with E-state index in [-0.39, 0.29) is 12.4 Å². The molecule has 3 aromatic rings. The zero-order valence-corrected chi connectivity index (χ0v) is 14.3. The average Bonchev–Trinajstić information content (AvgIpc) is 3.25. The summed E-state index contributed by atoms with van der Waals surface area (Å²) in [6, 6.07) is 3.35. The second kappa shape index (κ2) is 5.75. The highest BCUT2D eigenvalue weighted by Crippen LogP contribution is 2.29. The summed E-state index contributed by atoms with van der Waals surface area (Å²) in [6.07, 6.45) is 10.1. The van der Waals surface area contributed by atoms with Gasteiger partial charge in [0.1, 0.15) is 11.8 Å². The van der Waals surface area contributed by atoms with Crippen LogP contribution in [-0.2, 0) is 7.05 Å². The summed E-state index contributed by atoms with van der Waals surface area (Å²) in [4.78, 5) is 6.99. The number of anilines is 1. The molecule has 0 saturated carbocycles. The first-order valence-corrected chi connectivity index (χ1v) is 8.10. The first-order chi connectivity index (χ1) is 11.3. The molecule has 0 aliphatic carbocycles. The zero-order chi connectivity index (χ0) is 15.4. The van der Waals surface area contributed by atoms with Crippen molar-refractivity contribution in [3.8, 4) is 11.1 Å². The fourth-order valence-electron chi connectivity index (χ4n) is 3.86. The lowest BCUT2D eigenvalue weighted by atomic mass is 10.2. The van der Waals surface area contributed by atoms with Crippen molar-refractivity contribution in [1.82, 2.24) is 29.7 Å². The van der Waals surface area contributed by atoms with Crippen LogP contribution in [0.2, 0.25) is 0 Å². The molecule has 2 bridgehead atoms. The third kappa shape index (κ3) is 2.44. The number of piperazine rings is 1. The van der Waals surface area contributed by atoms with Gasteiger partial charge in [-0.25, -0.2) is 9.50 Å². The van der Waals surface area contributed by atoms with Gasteiger partial charge in [-0.1, -0.05) is 0 Å². The van der Waals surface area contributed by atoms with E-state index in [9.17, 15) is 0 Å². The molecule has 2 atom stereocenters. The highest BCUT2D eigenvalue weighted by Gasteiger charge is 2.33. The Morgan fingerprint density at radius 2 is 1.88 bits per heavy atom. The van der Waals surface area contributed by atoms with E-state index in [1.54, 1.807) is 6.33 Å². The third-order valence-electron chi connectivity index (χ3n) is 4.94. The van der Waals surface area contributed by atoms with Crippen LogP contribution >= 0.6 is 12.4 Å². The van der Waals surface area contributed by atoms with Gasteiger partial charge in [0.2, 0.25) is 0 Å². The number of hydrogen-bond donors (Lipinski definition) is 1. The van der Waals surface area contributed by atoms with E-state index >= 15 is 0 Å². The highest BCUT2D eigenvalue weighted by atomic mass is 35.5. The van der Waals surface area contributed by atoms with Crippen LogP contribution in [0, 0.1) is 0 Å². The fourth-order valence-corrected chi connectivity index (χ4v) is 3.86. The van der Waals surface area contributed by atoms with E-state index in [1.807, 2.05) is 34.8 Å². The topological polar surface area (TPSA) is 63.3 Å². The molecule has 1 N–H and O–H groups in total. The number of nitrogens with one attached hydrogen (secondary N) is 1. The van der Waals surface area contributed by atoms with Gasteiger partial charge in [0, 0.05) is 55.7 Å². The van der Waals surface area contributed by atoms with Crippen LogP contribution in [0.4, 0.5) is 5.82 Å². The quantitative estimate of drug-likeness (QED) is 0.762. The van der Waals surface area contributed by atoms with E-state index in [2.05, 4.69) is 31.5 Å². The fraction of sp³-hybridized carbons (Fsp3) is 0.438. The van der Waals surface area contributed by atoms with E-state index in [0.29, 0.717) is 12.1 Å². The lowest BCUT2D eigenvalue weighted by Gasteiger charge is -2.33. The first kappa shape index (κ1) is 15.4. The van der Waals surface area contributed by atoms with Crippen LogP contribution in [0.5, 0.6) is 0 Å². The largest absolute Gasteiger partial charge is 0.352 e. The third-order valence-corrected chi connectivity index (χ3v) is 4.94. The first-order valence-electron chi connectivity index (χ1n) is 8.10. The van der Waals surface area contributed by atoms with Crippen molar-refractivity contribution in [2.45, 2.75) is 24.9 Å². The average molecular weight is 346 g/mol. The van der Waals surface area contributed by atoms with Crippen molar-refractivity contribution in [3.63, 3.8) is 0 Å². The molecule has 2 saturated heterocycles. The molecule has 2 fully saturated rings. The summed E-state index contributed by atoms with van der Waals surface area (Å²) < 4.78 is 3.74. The number of fused-ring (bicyclic) bond motifs is 3. The SMILES string of the molecule is Cl.Cn1cc(-c2cc3c(N4CC5CCC(C4)N5)ncnn3c2)cn1. The van der Waals surface area contributed by atoms with Gasteiger partial charge < -0.3 is 10.2 Å². The van der Waals surface area contributed by atoms with Crippen molar-refractivity contribution >= 4 is 23.7 Å². The van der Waals surface area contributed by atoms with E-state index in [0.717, 1.165) is 35.6 Å². The Morgan fingerprint density at radius 3 is 2.58 bits per heavy atom. The normalized spacial score (nSPS) is 22.8. The number of hydrogen-bond acceptors (Lipinski definition) is 5. The molecule has 2 aliphatic rings. The summed E-state index contributed by atoms with van der Waals surface area (Å²) in [5.41, 5.74) is 3.29. The summed E-state index contributed by atoms with van der Waals surface area (Å²) in [5, 5.41) is 12.3. The maximum Gasteiger partial charge on any atom is 0.156 e. The second-order valence-electron chi connectivity index (χ2n) is 6.59. The Hall–Kier alpha value is -2.12. The number of aromatic nitrogens is 5. The van der Waals surface area contributed by atoms with Crippen molar-refractivity contribution in [3.05, 3.63) is 31.0 Å². The second-order valence-corrected chi connectivity index (χ2v) is 6.59. The Balaban J connectivity index is 0.00000146. The highest BCUT2D eigenvalue weighted by molar-refractivity contribution is 5.85. The molecule has 0 radical (unpaired) electrons. The monoisotopic (exact) mass is 345 g/mol. The van der Waals surface area contributed by atoms with Crippen molar-refractivity contribution in [2.24, 2.45) is 7.05 Å². The number of nitrogens with zero attached hydrogens (tertiary/aromatic N) is 6. The van der Waals surface area contributed by atoms with Gasteiger partial charge in [0.05, 0.1) is 6.20 Å². The van der Waals surface area contributed by atoms with E-state index in [1.165, 1.54) is 12.8 Å². The molecule has 5 heterocycles. The molecule has 3 aromatic heterocycles. The van der Waals surface area contributed by atoms with Crippen LogP contribution in [0.15, 0.2) is 31.0 Å². The summed E-state index contributed by atoms with van der Waals surface area (Å²) >= 11 is 0. The van der Waals surface area contributed by atoms with Gasteiger partial charge in [-0.15, -0.1) is 12.4 Å². The van der Waals surface area contributed by atoms with Crippen LogP contribution in [0.3, 0.4) is 0 Å². The predicted octanol–water partition coefficient (Wildman–Crippen LogP) is 1.49. The molecule has 5 rings (SSSR count). The lowest BCUT2D eigenvalue weighted by Crippen LogP contribution is -2.51. The molecular formula is C16H20ClN7. The van der Waals surface area contributed by atoms with Crippen LogP contribution in [-0.4, -0.2) is 49.6 Å². The Morgan fingerprint density at radius 1 is 1.08 bits per heavy atom. The van der Waals surface area contributed by atoms with Gasteiger partial charge in [-0.2, -0.15) is 10.2 Å². The molecule has 0 spiro atoms. The standard InChI is InChI=1S/C16H19N7.ClH/c1-21-6-12(5-18-21)11-4-15-16(17-10-19-23(15)7-11)22-8-13-2-3-14(9-22)20-13;/h4-7,10,13-14,20H,2-3,8-9H2,1H3;1H. The number of rotatable bonds is 2. The van der Waals surface area contributed by atoms with Crippen molar-refractivity contribution < 1.29 is 0 Å². The van der Waals surface area contributed by atoms with Gasteiger partial charge in [-0.05, 0) is 18.9 Å². The lowest BCUT2D eigenvalue weighted by molar-refractivity contribution is 0.463. The van der Waals surface area contributed by atoms with Crippen LogP contribution < -0.4 is 10.2 Å². The van der Waals surface area contributed by atoms with Gasteiger partial charge in [0.15, 0.2) is 5.82 Å². The summed E-state index contributed by atoms with van der Waals surface area (Å²) in [5.74, 6) is 1.04. The molecule has 0 amide bonds. The minimum Gasteiger partial charge on any atom is -0.352 e. The molecule has 2 aliphatic heterocycles. The molecule has 2 unspecified atom stereocenters.